The molecular weight excluding hydrogens is 376 g/mol. The van der Waals surface area contributed by atoms with Crippen molar-refractivity contribution in [2.75, 3.05) is 6.54 Å². The third-order valence-electron chi connectivity index (χ3n) is 4.74. The Hall–Kier alpha value is -2.61. The quantitative estimate of drug-likeness (QED) is 0.677. The molecule has 148 valence electrons. The molecule has 3 aromatic heterocycles. The molecule has 0 saturated heterocycles. The molecular formula is C20H24N4O3S. The van der Waals surface area contributed by atoms with Crippen LogP contribution in [0.25, 0.3) is 10.2 Å². The van der Waals surface area contributed by atoms with E-state index in [1.165, 1.54) is 11.3 Å². The molecule has 0 bridgehead atoms. The van der Waals surface area contributed by atoms with Crippen molar-refractivity contribution in [2.24, 2.45) is 0 Å². The van der Waals surface area contributed by atoms with Crippen LogP contribution in [0, 0.1) is 0 Å². The third-order valence-corrected chi connectivity index (χ3v) is 5.87. The van der Waals surface area contributed by atoms with Gasteiger partial charge in [0.05, 0.1) is 18.3 Å². The van der Waals surface area contributed by atoms with Gasteiger partial charge in [0.2, 0.25) is 0 Å². The molecule has 0 N–H and O–H groups in total. The summed E-state index contributed by atoms with van der Waals surface area (Å²) >= 11 is 1.50. The van der Waals surface area contributed by atoms with Gasteiger partial charge in [-0.05, 0) is 44.9 Å². The van der Waals surface area contributed by atoms with E-state index < -0.39 is 5.60 Å². The molecule has 7 nitrogen and oxygen atoms in total. The number of ether oxygens (including phenoxy) is 1. The smallest absolute Gasteiger partial charge is 0.410 e. The minimum Gasteiger partial charge on any atom is -0.444 e. The average Bonchev–Trinajstić information content (AvgIpc) is 3.26. The molecule has 0 fully saturated rings. The lowest BCUT2D eigenvalue weighted by Crippen LogP contribution is -2.39. The van der Waals surface area contributed by atoms with Crippen LogP contribution in [0.4, 0.5) is 4.79 Å². The molecule has 1 aliphatic rings. The van der Waals surface area contributed by atoms with Crippen molar-refractivity contribution < 1.29 is 9.53 Å². The fourth-order valence-corrected chi connectivity index (χ4v) is 4.60. The Morgan fingerprint density at radius 1 is 1.25 bits per heavy atom. The van der Waals surface area contributed by atoms with Gasteiger partial charge in [-0.25, -0.2) is 9.78 Å². The van der Waals surface area contributed by atoms with Crippen LogP contribution in [0.3, 0.4) is 0 Å². The number of nitrogens with zero attached hydrogens (tertiary/aromatic N) is 4. The third kappa shape index (κ3) is 3.69. The fourth-order valence-electron chi connectivity index (χ4n) is 3.40. The highest BCUT2D eigenvalue weighted by molar-refractivity contribution is 7.18. The van der Waals surface area contributed by atoms with Gasteiger partial charge in [0.15, 0.2) is 0 Å². The molecule has 0 atom stereocenters. The predicted molar refractivity (Wildman–Crippen MR) is 109 cm³/mol. The van der Waals surface area contributed by atoms with Crippen LogP contribution in [-0.2, 0) is 30.8 Å². The topological polar surface area (TPSA) is 69.4 Å². The highest BCUT2D eigenvalue weighted by Gasteiger charge is 2.29. The van der Waals surface area contributed by atoms with E-state index in [4.69, 9.17) is 4.74 Å². The van der Waals surface area contributed by atoms with Gasteiger partial charge in [-0.1, -0.05) is 0 Å². The van der Waals surface area contributed by atoms with Gasteiger partial charge in [-0.3, -0.25) is 9.36 Å². The molecule has 0 unspecified atom stereocenters. The zero-order valence-electron chi connectivity index (χ0n) is 16.3. The van der Waals surface area contributed by atoms with E-state index in [2.05, 4.69) is 4.98 Å². The minimum atomic E-state index is -0.521. The van der Waals surface area contributed by atoms with Crippen molar-refractivity contribution in [1.29, 1.82) is 0 Å². The highest BCUT2D eigenvalue weighted by atomic mass is 32.1. The monoisotopic (exact) mass is 400 g/mol. The summed E-state index contributed by atoms with van der Waals surface area (Å²) in [5.41, 5.74) is 0.514. The van der Waals surface area contributed by atoms with Gasteiger partial charge in [0, 0.05) is 36.9 Å². The molecule has 0 aliphatic carbocycles. The summed E-state index contributed by atoms with van der Waals surface area (Å²) in [7, 11) is 0. The first-order valence-electron chi connectivity index (χ1n) is 9.40. The van der Waals surface area contributed by atoms with Gasteiger partial charge in [-0.2, -0.15) is 0 Å². The minimum absolute atomic E-state index is 0.000346. The second kappa shape index (κ2) is 7.09. The molecule has 4 heterocycles. The van der Waals surface area contributed by atoms with E-state index in [9.17, 15) is 9.59 Å². The van der Waals surface area contributed by atoms with Gasteiger partial charge in [0.1, 0.15) is 10.4 Å². The van der Waals surface area contributed by atoms with Gasteiger partial charge >= 0.3 is 6.09 Å². The predicted octanol–water partition coefficient (Wildman–Crippen LogP) is 3.25. The zero-order valence-corrected chi connectivity index (χ0v) is 17.2. The lowest BCUT2D eigenvalue weighted by Gasteiger charge is -2.29. The van der Waals surface area contributed by atoms with E-state index in [-0.39, 0.29) is 11.7 Å². The SMILES string of the molecule is CC(C)(C)OC(=O)N1CCc2c(sc3ncn(CCn4cccc4)c(=O)c23)C1. The summed E-state index contributed by atoms with van der Waals surface area (Å²) in [5, 5.41) is 0.707. The van der Waals surface area contributed by atoms with Crippen molar-refractivity contribution in [2.45, 2.75) is 52.4 Å². The number of amides is 1. The zero-order chi connectivity index (χ0) is 19.9. The normalized spacial score (nSPS) is 14.3. The van der Waals surface area contributed by atoms with Crippen LogP contribution in [-0.4, -0.2) is 37.3 Å². The van der Waals surface area contributed by atoms with E-state index in [0.717, 1.165) is 21.8 Å². The molecule has 0 aromatic carbocycles. The summed E-state index contributed by atoms with van der Waals surface area (Å²) in [6.45, 7) is 7.89. The Morgan fingerprint density at radius 3 is 2.71 bits per heavy atom. The van der Waals surface area contributed by atoms with E-state index >= 15 is 0 Å². The molecule has 0 spiro atoms. The second-order valence-corrected chi connectivity index (χ2v) is 9.08. The molecule has 28 heavy (non-hydrogen) atoms. The van der Waals surface area contributed by atoms with Crippen LogP contribution < -0.4 is 5.56 Å². The van der Waals surface area contributed by atoms with Crippen LogP contribution in [0.1, 0.15) is 31.2 Å². The van der Waals surface area contributed by atoms with Crippen LogP contribution in [0.15, 0.2) is 35.6 Å². The van der Waals surface area contributed by atoms with Crippen LogP contribution >= 0.6 is 11.3 Å². The number of aromatic nitrogens is 3. The summed E-state index contributed by atoms with van der Waals surface area (Å²) in [6, 6.07) is 3.94. The van der Waals surface area contributed by atoms with Crippen LogP contribution in [0.2, 0.25) is 0 Å². The van der Waals surface area contributed by atoms with E-state index in [1.807, 2.05) is 49.9 Å². The maximum Gasteiger partial charge on any atom is 0.410 e. The molecule has 4 rings (SSSR count). The van der Waals surface area contributed by atoms with Gasteiger partial charge in [-0.15, -0.1) is 11.3 Å². The number of hydrogen-bond acceptors (Lipinski definition) is 5. The Kier molecular flexibility index (Phi) is 4.74. The number of aryl methyl sites for hydroxylation is 2. The lowest BCUT2D eigenvalue weighted by atomic mass is 10.1. The van der Waals surface area contributed by atoms with Gasteiger partial charge in [0.25, 0.3) is 5.56 Å². The number of carbonyl (C=O) groups excluding carboxylic acids is 1. The van der Waals surface area contributed by atoms with Gasteiger partial charge < -0.3 is 14.2 Å². The summed E-state index contributed by atoms with van der Waals surface area (Å²) < 4.78 is 9.20. The number of carbonyl (C=O) groups is 1. The Balaban J connectivity index is 1.58. The number of fused-ring (bicyclic) bond motifs is 3. The molecule has 8 heteroatoms. The number of rotatable bonds is 3. The molecule has 0 saturated carbocycles. The first-order chi connectivity index (χ1) is 13.3. The number of hydrogen-bond donors (Lipinski definition) is 0. The van der Waals surface area contributed by atoms with Crippen LogP contribution in [0.5, 0.6) is 0 Å². The lowest BCUT2D eigenvalue weighted by molar-refractivity contribution is 0.0227. The largest absolute Gasteiger partial charge is 0.444 e. The van der Waals surface area contributed by atoms with E-state index in [0.29, 0.717) is 31.4 Å². The van der Waals surface area contributed by atoms with E-state index in [1.54, 1.807) is 15.8 Å². The summed E-state index contributed by atoms with van der Waals surface area (Å²) in [4.78, 5) is 33.4. The Morgan fingerprint density at radius 2 is 2.00 bits per heavy atom. The molecule has 1 aliphatic heterocycles. The standard InChI is InChI=1S/C20H24N4O3S/c1-20(2,3)27-19(26)23-9-6-14-15(12-23)28-17-16(14)18(25)24(13-21-17)11-10-22-7-4-5-8-22/h4-5,7-8,13H,6,9-12H2,1-3H3. The Bertz CT molecular complexity index is 1060. The Labute approximate surface area is 167 Å². The highest BCUT2D eigenvalue weighted by Crippen LogP contribution is 2.32. The molecule has 3 aromatic rings. The second-order valence-electron chi connectivity index (χ2n) is 8.00. The summed E-state index contributed by atoms with van der Waals surface area (Å²) in [6.07, 6.45) is 5.92. The fraction of sp³-hybridized carbons (Fsp3) is 0.450. The first-order valence-corrected chi connectivity index (χ1v) is 10.2. The summed E-state index contributed by atoms with van der Waals surface area (Å²) in [5.74, 6) is 0. The van der Waals surface area contributed by atoms with Crippen molar-refractivity contribution in [3.05, 3.63) is 51.6 Å². The maximum absolute atomic E-state index is 13.0. The van der Waals surface area contributed by atoms with Crippen molar-refractivity contribution >= 4 is 27.6 Å². The maximum atomic E-state index is 13.0. The first kappa shape index (κ1) is 18.7. The molecule has 0 radical (unpaired) electrons. The van der Waals surface area contributed by atoms with Crippen molar-refractivity contribution in [3.8, 4) is 0 Å². The average molecular weight is 401 g/mol. The number of thiophene rings is 1. The van der Waals surface area contributed by atoms with Crippen molar-refractivity contribution in [3.63, 3.8) is 0 Å². The van der Waals surface area contributed by atoms with Crippen molar-refractivity contribution in [1.82, 2.24) is 19.0 Å². The molecule has 1 amide bonds.